The number of anilines is 1. The smallest absolute Gasteiger partial charge is 0.337 e. The average Bonchev–Trinajstić information content (AvgIpc) is 3.16. The molecular weight excluding hydrogens is 376 g/mol. The first-order valence-corrected chi connectivity index (χ1v) is 9.41. The Morgan fingerprint density at radius 2 is 1.81 bits per heavy atom. The van der Waals surface area contributed by atoms with Gasteiger partial charge in [-0.05, 0) is 48.5 Å². The number of sulfonamides is 1. The number of esters is 1. The van der Waals surface area contributed by atoms with Crippen molar-refractivity contribution >= 4 is 33.3 Å². The molecule has 3 rings (SSSR count). The molecule has 0 aliphatic rings. The van der Waals surface area contributed by atoms with Gasteiger partial charge in [0.2, 0.25) is 0 Å². The predicted octanol–water partition coefficient (Wildman–Crippen LogP) is 3.72. The van der Waals surface area contributed by atoms with Crippen molar-refractivity contribution in [2.24, 2.45) is 0 Å². The number of nitrogens with zero attached hydrogens (tertiary/aromatic N) is 1. The molecular formula is C18H15ClN2O4S. The van der Waals surface area contributed by atoms with Crippen molar-refractivity contribution in [1.82, 2.24) is 4.57 Å². The second kappa shape index (κ2) is 7.23. The minimum Gasteiger partial charge on any atom is -0.465 e. The summed E-state index contributed by atoms with van der Waals surface area (Å²) in [4.78, 5) is 11.5. The monoisotopic (exact) mass is 390 g/mol. The normalized spacial score (nSPS) is 11.2. The molecule has 0 saturated heterocycles. The molecule has 1 heterocycles. The first-order chi connectivity index (χ1) is 12.4. The number of nitrogens with one attached hydrogen (secondary N) is 1. The first kappa shape index (κ1) is 18.0. The van der Waals surface area contributed by atoms with Crippen LogP contribution in [0.25, 0.3) is 5.69 Å². The van der Waals surface area contributed by atoms with Crippen LogP contribution in [0, 0.1) is 0 Å². The van der Waals surface area contributed by atoms with Crippen LogP contribution >= 0.6 is 11.6 Å². The molecule has 0 radical (unpaired) electrons. The fraction of sp³-hybridized carbons (Fsp3) is 0.0556. The van der Waals surface area contributed by atoms with Crippen LogP contribution in [0.2, 0.25) is 5.02 Å². The Morgan fingerprint density at radius 1 is 1.08 bits per heavy atom. The van der Waals surface area contributed by atoms with Crippen LogP contribution in [0.4, 0.5) is 5.69 Å². The lowest BCUT2D eigenvalue weighted by molar-refractivity contribution is 0.0600. The molecule has 1 N–H and O–H groups in total. The van der Waals surface area contributed by atoms with Crippen LogP contribution in [0.3, 0.4) is 0 Å². The summed E-state index contributed by atoms with van der Waals surface area (Å²) in [5, 5.41) is 0.00622. The topological polar surface area (TPSA) is 77.4 Å². The Morgan fingerprint density at radius 3 is 2.50 bits per heavy atom. The number of ether oxygens (including phenoxy) is 1. The van der Waals surface area contributed by atoms with Gasteiger partial charge in [0.15, 0.2) is 0 Å². The molecule has 2 aromatic carbocycles. The molecule has 0 aliphatic carbocycles. The molecule has 0 aliphatic heterocycles. The van der Waals surface area contributed by atoms with Crippen molar-refractivity contribution in [2.75, 3.05) is 11.8 Å². The number of aromatic nitrogens is 1. The van der Waals surface area contributed by atoms with Gasteiger partial charge in [-0.15, -0.1) is 0 Å². The third-order valence-electron chi connectivity index (χ3n) is 3.64. The van der Waals surface area contributed by atoms with Gasteiger partial charge in [0.25, 0.3) is 10.0 Å². The Bertz CT molecular complexity index is 1050. The predicted molar refractivity (Wildman–Crippen MR) is 99.4 cm³/mol. The van der Waals surface area contributed by atoms with Gasteiger partial charge in [0, 0.05) is 18.1 Å². The van der Waals surface area contributed by atoms with E-state index in [4.69, 9.17) is 11.6 Å². The Kier molecular flexibility index (Phi) is 5.01. The molecule has 0 unspecified atom stereocenters. The summed E-state index contributed by atoms with van der Waals surface area (Å²) in [6.07, 6.45) is 3.70. The molecule has 26 heavy (non-hydrogen) atoms. The fourth-order valence-corrected chi connectivity index (χ4v) is 3.98. The molecule has 8 heteroatoms. The molecule has 0 saturated carbocycles. The van der Waals surface area contributed by atoms with Crippen LogP contribution in [-0.4, -0.2) is 26.1 Å². The average molecular weight is 391 g/mol. The molecule has 0 amide bonds. The summed E-state index contributed by atoms with van der Waals surface area (Å²) in [6.45, 7) is 0. The van der Waals surface area contributed by atoms with Crippen molar-refractivity contribution in [3.8, 4) is 5.69 Å². The van der Waals surface area contributed by atoms with Crippen molar-refractivity contribution in [2.45, 2.75) is 4.90 Å². The van der Waals surface area contributed by atoms with Crippen LogP contribution in [0.1, 0.15) is 10.4 Å². The Labute approximate surface area is 156 Å². The molecule has 0 bridgehead atoms. The quantitative estimate of drug-likeness (QED) is 0.673. The van der Waals surface area contributed by atoms with Gasteiger partial charge in [0.05, 0.1) is 23.4 Å². The summed E-state index contributed by atoms with van der Waals surface area (Å²) in [5.74, 6) is -0.646. The molecule has 1 aromatic heterocycles. The van der Waals surface area contributed by atoms with E-state index in [1.54, 1.807) is 18.2 Å². The largest absolute Gasteiger partial charge is 0.465 e. The van der Waals surface area contributed by atoms with E-state index in [1.807, 2.05) is 35.2 Å². The van der Waals surface area contributed by atoms with Crippen molar-refractivity contribution in [3.63, 3.8) is 0 Å². The third kappa shape index (κ3) is 3.74. The summed E-state index contributed by atoms with van der Waals surface area (Å²) in [5.41, 5.74) is 1.26. The minimum absolute atomic E-state index is 0.00622. The maximum Gasteiger partial charge on any atom is 0.337 e. The van der Waals surface area contributed by atoms with Crippen LogP contribution in [0.5, 0.6) is 0 Å². The van der Waals surface area contributed by atoms with Crippen LogP contribution in [0.15, 0.2) is 71.9 Å². The summed E-state index contributed by atoms with van der Waals surface area (Å²) in [7, 11) is -2.77. The standard InChI is InChI=1S/C18H15ClN2O4S/c1-25-18(22)13-7-8-16(19)17(11-13)26(23,24)20-14-5-4-6-15(12-14)21-9-2-3-10-21/h2-12,20H,1H3. The van der Waals surface area contributed by atoms with Crippen LogP contribution < -0.4 is 4.72 Å². The highest BCUT2D eigenvalue weighted by atomic mass is 35.5. The maximum atomic E-state index is 12.7. The highest BCUT2D eigenvalue weighted by Crippen LogP contribution is 2.26. The number of carbonyl (C=O) groups is 1. The zero-order valence-corrected chi connectivity index (χ0v) is 15.3. The van der Waals surface area contributed by atoms with Crippen molar-refractivity contribution in [1.29, 1.82) is 0 Å². The maximum absolute atomic E-state index is 12.7. The summed E-state index contributed by atoms with van der Waals surface area (Å²) in [6, 6.07) is 14.6. The van der Waals surface area contributed by atoms with E-state index in [2.05, 4.69) is 9.46 Å². The minimum atomic E-state index is -3.99. The fourth-order valence-electron chi connectivity index (χ4n) is 2.40. The van der Waals surface area contributed by atoms with Gasteiger partial charge in [0.1, 0.15) is 4.90 Å². The Hall–Kier alpha value is -2.77. The highest BCUT2D eigenvalue weighted by molar-refractivity contribution is 7.92. The highest BCUT2D eigenvalue weighted by Gasteiger charge is 2.21. The number of methoxy groups -OCH3 is 1. The second-order valence-electron chi connectivity index (χ2n) is 5.38. The van der Waals surface area contributed by atoms with E-state index in [-0.39, 0.29) is 15.5 Å². The number of carbonyl (C=O) groups excluding carboxylic acids is 1. The molecule has 0 atom stereocenters. The second-order valence-corrected chi connectivity index (χ2v) is 7.44. The van der Waals surface area contributed by atoms with Crippen molar-refractivity contribution in [3.05, 3.63) is 77.6 Å². The number of halogens is 1. The van der Waals surface area contributed by atoms with E-state index >= 15 is 0 Å². The number of hydrogen-bond acceptors (Lipinski definition) is 4. The Balaban J connectivity index is 1.95. The van der Waals surface area contributed by atoms with Gasteiger partial charge in [-0.25, -0.2) is 13.2 Å². The van der Waals surface area contributed by atoms with Gasteiger partial charge in [-0.1, -0.05) is 17.7 Å². The van der Waals surface area contributed by atoms with Gasteiger partial charge in [-0.2, -0.15) is 0 Å². The van der Waals surface area contributed by atoms with E-state index in [0.29, 0.717) is 5.69 Å². The SMILES string of the molecule is COC(=O)c1ccc(Cl)c(S(=O)(=O)Nc2cccc(-n3cccc3)c2)c1. The lowest BCUT2D eigenvalue weighted by Crippen LogP contribution is -2.15. The first-order valence-electron chi connectivity index (χ1n) is 7.55. The molecule has 6 nitrogen and oxygen atoms in total. The van der Waals surface area contributed by atoms with E-state index in [9.17, 15) is 13.2 Å². The van der Waals surface area contributed by atoms with Crippen molar-refractivity contribution < 1.29 is 17.9 Å². The number of rotatable bonds is 5. The summed E-state index contributed by atoms with van der Waals surface area (Å²) >= 11 is 6.03. The van der Waals surface area contributed by atoms with Crippen LogP contribution in [-0.2, 0) is 14.8 Å². The van der Waals surface area contributed by atoms with E-state index in [1.165, 1.54) is 25.3 Å². The lowest BCUT2D eigenvalue weighted by Gasteiger charge is -2.12. The number of hydrogen-bond donors (Lipinski definition) is 1. The molecule has 134 valence electrons. The molecule has 3 aromatic rings. The zero-order chi connectivity index (χ0) is 18.7. The molecule has 0 spiro atoms. The zero-order valence-electron chi connectivity index (χ0n) is 13.7. The van der Waals surface area contributed by atoms with E-state index in [0.717, 1.165) is 5.69 Å². The van der Waals surface area contributed by atoms with Gasteiger partial charge in [-0.3, -0.25) is 4.72 Å². The number of benzene rings is 2. The third-order valence-corrected chi connectivity index (χ3v) is 5.51. The lowest BCUT2D eigenvalue weighted by atomic mass is 10.2. The van der Waals surface area contributed by atoms with Gasteiger partial charge < -0.3 is 9.30 Å². The molecule has 0 fully saturated rings. The van der Waals surface area contributed by atoms with Gasteiger partial charge >= 0.3 is 5.97 Å². The summed E-state index contributed by atoms with van der Waals surface area (Å²) < 4.78 is 34.4. The van der Waals surface area contributed by atoms with E-state index < -0.39 is 16.0 Å².